The number of hydrogen-bond acceptors (Lipinski definition) is 5. The number of allylic oxidation sites excluding steroid dienone is 8. The van der Waals surface area contributed by atoms with Gasteiger partial charge in [-0.25, -0.2) is 0 Å². The fourth-order valence-corrected chi connectivity index (χ4v) is 5.55. The van der Waals surface area contributed by atoms with Crippen LogP contribution < -0.4 is 0 Å². The molecule has 0 saturated heterocycles. The topological polar surface area (TPSA) is 72.8 Å². The van der Waals surface area contributed by atoms with Gasteiger partial charge >= 0.3 is 11.9 Å². The summed E-state index contributed by atoms with van der Waals surface area (Å²) in [7, 11) is 0. The summed E-state index contributed by atoms with van der Waals surface area (Å²) in [6, 6.07) is 0. The van der Waals surface area contributed by atoms with Crippen molar-refractivity contribution < 1.29 is 24.2 Å². The molecular weight excluding hydrogens is 596 g/mol. The van der Waals surface area contributed by atoms with Gasteiger partial charge in [0.15, 0.2) is 6.10 Å². The molecule has 5 heteroatoms. The van der Waals surface area contributed by atoms with E-state index >= 15 is 0 Å². The van der Waals surface area contributed by atoms with Crippen molar-refractivity contribution in [2.24, 2.45) is 0 Å². The van der Waals surface area contributed by atoms with Crippen molar-refractivity contribution >= 4 is 11.9 Å². The molecule has 0 aromatic heterocycles. The summed E-state index contributed by atoms with van der Waals surface area (Å²) in [5, 5.41) is 9.55. The predicted octanol–water partition coefficient (Wildman–Crippen LogP) is 12.6. The molecule has 278 valence electrons. The number of hydrogen-bond donors (Lipinski definition) is 1. The summed E-state index contributed by atoms with van der Waals surface area (Å²) in [6.45, 7) is 4.07. The number of carbonyl (C=O) groups is 2. The van der Waals surface area contributed by atoms with Gasteiger partial charge in [-0.05, 0) is 51.4 Å². The molecule has 0 aliphatic carbocycles. The van der Waals surface area contributed by atoms with Gasteiger partial charge in [-0.15, -0.1) is 0 Å². The van der Waals surface area contributed by atoms with Crippen LogP contribution in [0.1, 0.15) is 194 Å². The molecule has 0 radical (unpaired) electrons. The zero-order valence-corrected chi connectivity index (χ0v) is 31.5. The van der Waals surface area contributed by atoms with Crippen LogP contribution in [-0.2, 0) is 19.1 Å². The minimum atomic E-state index is -0.791. The Bertz CT molecular complexity index is 812. The van der Waals surface area contributed by atoms with E-state index in [2.05, 4.69) is 62.5 Å². The van der Waals surface area contributed by atoms with E-state index in [-0.39, 0.29) is 25.2 Å². The Morgan fingerprint density at radius 2 is 0.854 bits per heavy atom. The highest BCUT2D eigenvalue weighted by Crippen LogP contribution is 2.15. The van der Waals surface area contributed by atoms with Gasteiger partial charge in [0.2, 0.25) is 0 Å². The Morgan fingerprint density at radius 3 is 1.31 bits per heavy atom. The van der Waals surface area contributed by atoms with Crippen molar-refractivity contribution in [2.75, 3.05) is 13.2 Å². The van der Waals surface area contributed by atoms with Crippen LogP contribution in [0.15, 0.2) is 48.6 Å². The first-order valence-corrected chi connectivity index (χ1v) is 20.2. The van der Waals surface area contributed by atoms with Gasteiger partial charge in [0.1, 0.15) is 6.61 Å². The SMILES string of the molecule is CCCCC/C=C\C/C=C\C/C=C\C/C=C\CCCC(=O)OC[C@H](CO)OC(=O)CCCCCCCCCCCCCCCCCCC. The Kier molecular flexibility index (Phi) is 37.5. The molecule has 0 unspecified atom stereocenters. The number of rotatable bonds is 36. The van der Waals surface area contributed by atoms with Crippen LogP contribution >= 0.6 is 0 Å². The summed E-state index contributed by atoms with van der Waals surface area (Å²) in [5.74, 6) is -0.653. The first-order valence-electron chi connectivity index (χ1n) is 20.2. The van der Waals surface area contributed by atoms with Crippen LogP contribution in [0.3, 0.4) is 0 Å². The minimum absolute atomic E-state index is 0.0928. The number of aliphatic hydroxyl groups excluding tert-OH is 1. The van der Waals surface area contributed by atoms with E-state index in [0.29, 0.717) is 19.3 Å². The van der Waals surface area contributed by atoms with Gasteiger partial charge in [-0.2, -0.15) is 0 Å². The Labute approximate surface area is 297 Å². The molecular formula is C43H76O5. The molecule has 0 heterocycles. The maximum absolute atomic E-state index is 12.2. The molecule has 0 spiro atoms. The van der Waals surface area contributed by atoms with Gasteiger partial charge in [0.05, 0.1) is 6.61 Å². The average molecular weight is 673 g/mol. The average Bonchev–Trinajstić information content (AvgIpc) is 3.09. The second kappa shape index (κ2) is 39.3. The smallest absolute Gasteiger partial charge is 0.306 e. The summed E-state index contributed by atoms with van der Waals surface area (Å²) in [4.78, 5) is 24.2. The molecule has 0 amide bonds. The fourth-order valence-electron chi connectivity index (χ4n) is 5.55. The lowest BCUT2D eigenvalue weighted by Crippen LogP contribution is -2.28. The standard InChI is InChI=1S/C43H76O5/c1-3-5-7-9-11-13-15-17-19-21-23-25-27-29-31-33-35-37-42(45)47-40-41(39-44)48-43(46)38-36-34-32-30-28-26-24-22-20-18-16-14-12-10-8-6-4-2/h11,13,17,19,23,25,29,31,41,44H,3-10,12,14-16,18,20-22,24,26-28,30,32-40H2,1-2H3/b13-11-,19-17-,25-23-,31-29-/t41-/m0/s1. The van der Waals surface area contributed by atoms with Crippen LogP contribution in [0.5, 0.6) is 0 Å². The molecule has 0 aliphatic rings. The molecule has 0 rings (SSSR count). The highest BCUT2D eigenvalue weighted by Gasteiger charge is 2.16. The molecule has 1 atom stereocenters. The van der Waals surface area contributed by atoms with Gasteiger partial charge < -0.3 is 14.6 Å². The Morgan fingerprint density at radius 1 is 0.479 bits per heavy atom. The summed E-state index contributed by atoms with van der Waals surface area (Å²) >= 11 is 0. The third-order valence-corrected chi connectivity index (χ3v) is 8.63. The van der Waals surface area contributed by atoms with Crippen LogP contribution in [0.4, 0.5) is 0 Å². The third kappa shape index (κ3) is 36.7. The number of esters is 2. The summed E-state index contributed by atoms with van der Waals surface area (Å²) in [5.41, 5.74) is 0. The molecule has 5 nitrogen and oxygen atoms in total. The van der Waals surface area contributed by atoms with E-state index < -0.39 is 6.10 Å². The molecule has 0 saturated carbocycles. The van der Waals surface area contributed by atoms with Crippen LogP contribution in [0.25, 0.3) is 0 Å². The number of aliphatic hydroxyl groups is 1. The zero-order chi connectivity index (χ0) is 35.0. The van der Waals surface area contributed by atoms with Crippen molar-refractivity contribution in [3.05, 3.63) is 48.6 Å². The zero-order valence-electron chi connectivity index (χ0n) is 31.5. The van der Waals surface area contributed by atoms with Crippen LogP contribution in [-0.4, -0.2) is 36.4 Å². The highest BCUT2D eigenvalue weighted by molar-refractivity contribution is 5.70. The maximum Gasteiger partial charge on any atom is 0.306 e. The molecule has 0 aromatic rings. The van der Waals surface area contributed by atoms with E-state index in [1.807, 2.05) is 0 Å². The monoisotopic (exact) mass is 673 g/mol. The van der Waals surface area contributed by atoms with Gasteiger partial charge in [0, 0.05) is 12.8 Å². The van der Waals surface area contributed by atoms with E-state index in [0.717, 1.165) is 44.9 Å². The maximum atomic E-state index is 12.2. The second-order valence-electron chi connectivity index (χ2n) is 13.4. The third-order valence-electron chi connectivity index (χ3n) is 8.63. The minimum Gasteiger partial charge on any atom is -0.462 e. The van der Waals surface area contributed by atoms with Gasteiger partial charge in [-0.3, -0.25) is 9.59 Å². The first kappa shape index (κ1) is 45.9. The molecule has 0 fully saturated rings. The largest absolute Gasteiger partial charge is 0.462 e. The lowest BCUT2D eigenvalue weighted by molar-refractivity contribution is -0.161. The van der Waals surface area contributed by atoms with Crippen molar-refractivity contribution in [3.63, 3.8) is 0 Å². The predicted molar refractivity (Wildman–Crippen MR) is 205 cm³/mol. The molecule has 0 aliphatic heterocycles. The lowest BCUT2D eigenvalue weighted by atomic mass is 10.0. The first-order chi connectivity index (χ1) is 23.6. The lowest BCUT2D eigenvalue weighted by Gasteiger charge is -2.15. The normalized spacial score (nSPS) is 12.6. The molecule has 48 heavy (non-hydrogen) atoms. The molecule has 1 N–H and O–H groups in total. The van der Waals surface area contributed by atoms with Gasteiger partial charge in [-0.1, -0.05) is 178 Å². The Hall–Kier alpha value is -2.14. The van der Waals surface area contributed by atoms with Gasteiger partial charge in [0.25, 0.3) is 0 Å². The van der Waals surface area contributed by atoms with Crippen molar-refractivity contribution in [2.45, 2.75) is 200 Å². The molecule has 0 bridgehead atoms. The summed E-state index contributed by atoms with van der Waals surface area (Å²) < 4.78 is 10.6. The fraction of sp³-hybridized carbons (Fsp3) is 0.767. The number of ether oxygens (including phenoxy) is 2. The van der Waals surface area contributed by atoms with Crippen molar-refractivity contribution in [1.29, 1.82) is 0 Å². The van der Waals surface area contributed by atoms with E-state index in [1.54, 1.807) is 0 Å². The number of unbranched alkanes of at least 4 members (excludes halogenated alkanes) is 20. The molecule has 0 aromatic carbocycles. The van der Waals surface area contributed by atoms with Crippen molar-refractivity contribution in [3.8, 4) is 0 Å². The van der Waals surface area contributed by atoms with E-state index in [1.165, 1.54) is 116 Å². The summed E-state index contributed by atoms with van der Waals surface area (Å²) in [6.07, 6.45) is 48.9. The highest BCUT2D eigenvalue weighted by atomic mass is 16.6. The quantitative estimate of drug-likeness (QED) is 0.0407. The number of carbonyl (C=O) groups excluding carboxylic acids is 2. The van der Waals surface area contributed by atoms with E-state index in [4.69, 9.17) is 9.47 Å². The second-order valence-corrected chi connectivity index (χ2v) is 13.4. The Balaban J connectivity index is 3.63. The van der Waals surface area contributed by atoms with Crippen molar-refractivity contribution in [1.82, 2.24) is 0 Å². The van der Waals surface area contributed by atoms with E-state index in [9.17, 15) is 14.7 Å². The van der Waals surface area contributed by atoms with Crippen LogP contribution in [0, 0.1) is 0 Å². The van der Waals surface area contributed by atoms with Crippen LogP contribution in [0.2, 0.25) is 0 Å².